The van der Waals surface area contributed by atoms with Gasteiger partial charge < -0.3 is 13.8 Å². The summed E-state index contributed by atoms with van der Waals surface area (Å²) in [5.74, 6) is 0. The van der Waals surface area contributed by atoms with E-state index in [0.717, 1.165) is 27.6 Å². The first-order valence-electron chi connectivity index (χ1n) is 15.9. The number of furan rings is 1. The van der Waals surface area contributed by atoms with Crippen LogP contribution in [0.5, 0.6) is 0 Å². The second-order valence-electron chi connectivity index (χ2n) is 12.4. The summed E-state index contributed by atoms with van der Waals surface area (Å²) in [4.78, 5) is 2.58. The van der Waals surface area contributed by atoms with Crippen molar-refractivity contribution in [2.75, 3.05) is 4.81 Å². The molecular weight excluding hydrogens is 559 g/mol. The van der Waals surface area contributed by atoms with Crippen molar-refractivity contribution in [2.45, 2.75) is 0 Å². The van der Waals surface area contributed by atoms with Crippen LogP contribution in [0.4, 0.5) is 11.4 Å². The number of anilines is 2. The average molecular weight is 584 g/mol. The minimum absolute atomic E-state index is 0.000827. The van der Waals surface area contributed by atoms with E-state index in [2.05, 4.69) is 155 Å². The van der Waals surface area contributed by atoms with Gasteiger partial charge in [0.2, 0.25) is 0 Å². The third kappa shape index (κ3) is 3.03. The summed E-state index contributed by atoms with van der Waals surface area (Å²) in [5.41, 5.74) is 15.6. The van der Waals surface area contributed by atoms with Gasteiger partial charge in [-0.3, -0.25) is 0 Å². The first-order valence-corrected chi connectivity index (χ1v) is 15.9. The van der Waals surface area contributed by atoms with E-state index in [1.807, 2.05) is 6.07 Å². The lowest BCUT2D eigenvalue weighted by Gasteiger charge is -2.43. The fourth-order valence-electron chi connectivity index (χ4n) is 8.36. The summed E-state index contributed by atoms with van der Waals surface area (Å²) < 4.78 is 8.96. The third-order valence-corrected chi connectivity index (χ3v) is 10.2. The largest absolute Gasteiger partial charge is 0.456 e. The average Bonchev–Trinajstić information content (AvgIpc) is 3.65. The molecule has 0 radical (unpaired) electrons. The second kappa shape index (κ2) is 8.80. The molecule has 4 heteroatoms. The number of benzene rings is 7. The van der Waals surface area contributed by atoms with Crippen molar-refractivity contribution in [3.63, 3.8) is 0 Å². The first kappa shape index (κ1) is 24.3. The number of hydrogen-bond acceptors (Lipinski definition) is 2. The Morgan fingerprint density at radius 2 is 1.13 bits per heavy atom. The molecule has 0 unspecified atom stereocenters. The van der Waals surface area contributed by atoms with Crippen LogP contribution in [0, 0.1) is 0 Å². The van der Waals surface area contributed by atoms with Crippen LogP contribution in [0.3, 0.4) is 0 Å². The summed E-state index contributed by atoms with van der Waals surface area (Å²) in [6, 6.07) is 55.2. The molecule has 4 heterocycles. The molecule has 0 amide bonds. The molecule has 46 heavy (non-hydrogen) atoms. The molecule has 0 atom stereocenters. The monoisotopic (exact) mass is 584 g/mol. The van der Waals surface area contributed by atoms with Crippen LogP contribution in [0.1, 0.15) is 0 Å². The molecule has 0 N–H and O–H groups in total. The summed E-state index contributed by atoms with van der Waals surface area (Å²) in [6.07, 6.45) is 0. The number of nitrogens with zero attached hydrogens (tertiary/aromatic N) is 2. The predicted molar refractivity (Wildman–Crippen MR) is 193 cm³/mol. The van der Waals surface area contributed by atoms with E-state index < -0.39 is 0 Å². The molecule has 212 valence electrons. The molecule has 0 saturated carbocycles. The molecule has 0 spiro atoms. The van der Waals surface area contributed by atoms with Crippen molar-refractivity contribution in [3.05, 3.63) is 152 Å². The molecule has 0 bridgehead atoms. The van der Waals surface area contributed by atoms with Gasteiger partial charge in [-0.2, -0.15) is 0 Å². The molecular formula is C42H25BN2O. The molecule has 9 aromatic rings. The second-order valence-corrected chi connectivity index (χ2v) is 12.4. The van der Waals surface area contributed by atoms with Crippen molar-refractivity contribution in [2.24, 2.45) is 0 Å². The zero-order valence-electron chi connectivity index (χ0n) is 24.8. The molecule has 2 aliphatic heterocycles. The van der Waals surface area contributed by atoms with Crippen molar-refractivity contribution in [3.8, 4) is 27.9 Å². The molecule has 2 aromatic heterocycles. The van der Waals surface area contributed by atoms with Gasteiger partial charge in [-0.25, -0.2) is 0 Å². The van der Waals surface area contributed by atoms with Crippen molar-refractivity contribution in [1.82, 2.24) is 4.57 Å². The van der Waals surface area contributed by atoms with E-state index in [9.17, 15) is 0 Å². The normalized spacial score (nSPS) is 13.1. The Kier molecular flexibility index (Phi) is 4.66. The Labute approximate surface area is 265 Å². The summed E-state index contributed by atoms with van der Waals surface area (Å²) >= 11 is 0. The highest BCUT2D eigenvalue weighted by Gasteiger charge is 2.43. The summed E-state index contributed by atoms with van der Waals surface area (Å²) in [5, 5.41) is 4.76. The van der Waals surface area contributed by atoms with Crippen molar-refractivity contribution < 1.29 is 4.42 Å². The Bertz CT molecular complexity index is 2720. The maximum absolute atomic E-state index is 6.51. The molecule has 0 saturated heterocycles. The third-order valence-electron chi connectivity index (χ3n) is 10.2. The zero-order chi connectivity index (χ0) is 29.9. The van der Waals surface area contributed by atoms with Crippen LogP contribution in [0.15, 0.2) is 156 Å². The van der Waals surface area contributed by atoms with E-state index in [1.165, 1.54) is 66.4 Å². The predicted octanol–water partition coefficient (Wildman–Crippen LogP) is 9.59. The smallest absolute Gasteiger partial charge is 0.330 e. The topological polar surface area (TPSA) is 21.3 Å². The van der Waals surface area contributed by atoms with E-state index in [4.69, 9.17) is 4.42 Å². The van der Waals surface area contributed by atoms with Gasteiger partial charge in [0.25, 0.3) is 0 Å². The highest BCUT2D eigenvalue weighted by molar-refractivity contribution is 6.94. The number of aromatic nitrogens is 1. The van der Waals surface area contributed by atoms with Crippen LogP contribution in [0.25, 0.3) is 71.7 Å². The fraction of sp³-hybridized carbons (Fsp3) is 0. The standard InChI is InChI=1S/C42H25BN2O/c1-2-12-26(13-3-1)44-37-23-22-31-29-16-6-10-20-36(29)45-35-19-9-5-15-28(35)27-14-4-8-18-34(27)43(45)42(31)41(37)33-25-40-32(24-38(33)44)30-17-7-11-21-39(30)46-40/h1-25H. The van der Waals surface area contributed by atoms with E-state index in [0.29, 0.717) is 0 Å². The highest BCUT2D eigenvalue weighted by Crippen LogP contribution is 2.48. The van der Waals surface area contributed by atoms with Crippen LogP contribution in [0.2, 0.25) is 0 Å². The maximum atomic E-state index is 6.51. The van der Waals surface area contributed by atoms with E-state index >= 15 is 0 Å². The molecule has 7 aromatic carbocycles. The SMILES string of the molecule is c1ccc(-n2c3cc4c(cc3c3c5c(ccc32)-c2ccccc2N2B5c3ccccc3-c3ccccc32)oc2ccccc24)cc1. The first-order chi connectivity index (χ1) is 22.8. The quantitative estimate of drug-likeness (QED) is 0.179. The van der Waals surface area contributed by atoms with Crippen LogP contribution in [-0.4, -0.2) is 11.4 Å². The van der Waals surface area contributed by atoms with Crippen molar-refractivity contribution in [1.29, 1.82) is 0 Å². The summed E-state index contributed by atoms with van der Waals surface area (Å²) in [7, 11) is 0. The molecule has 2 aliphatic rings. The van der Waals surface area contributed by atoms with Crippen molar-refractivity contribution >= 4 is 72.9 Å². The fourth-order valence-corrected chi connectivity index (χ4v) is 8.36. The Morgan fingerprint density at radius 1 is 0.457 bits per heavy atom. The minimum atomic E-state index is 0.000827. The lowest BCUT2D eigenvalue weighted by Crippen LogP contribution is -2.59. The number of hydrogen-bond donors (Lipinski definition) is 0. The molecule has 11 rings (SSSR count). The van der Waals surface area contributed by atoms with Gasteiger partial charge in [-0.1, -0.05) is 103 Å². The number of para-hydroxylation sites is 4. The van der Waals surface area contributed by atoms with Gasteiger partial charge >= 0.3 is 6.85 Å². The Morgan fingerprint density at radius 3 is 1.96 bits per heavy atom. The Hall–Kier alpha value is -6.00. The molecule has 3 nitrogen and oxygen atoms in total. The lowest BCUT2D eigenvalue weighted by atomic mass is 9.42. The molecule has 0 aliphatic carbocycles. The minimum Gasteiger partial charge on any atom is -0.456 e. The summed E-state index contributed by atoms with van der Waals surface area (Å²) in [6.45, 7) is 0.000827. The van der Waals surface area contributed by atoms with Gasteiger partial charge in [0, 0.05) is 49.7 Å². The van der Waals surface area contributed by atoms with E-state index in [1.54, 1.807) is 0 Å². The maximum Gasteiger partial charge on any atom is 0.330 e. The van der Waals surface area contributed by atoms with Gasteiger partial charge in [-0.05, 0) is 70.6 Å². The van der Waals surface area contributed by atoms with E-state index in [-0.39, 0.29) is 6.85 Å². The van der Waals surface area contributed by atoms with Gasteiger partial charge in [0.1, 0.15) is 11.2 Å². The highest BCUT2D eigenvalue weighted by atomic mass is 16.3. The lowest BCUT2D eigenvalue weighted by molar-refractivity contribution is 0.669. The van der Waals surface area contributed by atoms with Gasteiger partial charge in [0.05, 0.1) is 11.0 Å². The molecule has 0 fully saturated rings. The van der Waals surface area contributed by atoms with Crippen LogP contribution >= 0.6 is 0 Å². The van der Waals surface area contributed by atoms with Gasteiger partial charge in [0.15, 0.2) is 0 Å². The van der Waals surface area contributed by atoms with Crippen LogP contribution < -0.4 is 15.7 Å². The number of rotatable bonds is 1. The van der Waals surface area contributed by atoms with Crippen LogP contribution in [-0.2, 0) is 0 Å². The Balaban J connectivity index is 1.36. The zero-order valence-corrected chi connectivity index (χ0v) is 24.8. The number of fused-ring (bicyclic) bond motifs is 18. The van der Waals surface area contributed by atoms with Gasteiger partial charge in [-0.15, -0.1) is 0 Å².